The lowest BCUT2D eigenvalue weighted by Gasteiger charge is -2.17. The molecule has 4 rings (SSSR count). The van der Waals surface area contributed by atoms with Gasteiger partial charge in [0.05, 0.1) is 5.92 Å². The Kier molecular flexibility index (Phi) is 6.44. The highest BCUT2D eigenvalue weighted by atomic mass is 35.5. The second-order valence-electron chi connectivity index (χ2n) is 7.31. The molecule has 0 aromatic heterocycles. The van der Waals surface area contributed by atoms with Gasteiger partial charge >= 0.3 is 0 Å². The number of anilines is 2. The van der Waals surface area contributed by atoms with E-state index in [-0.39, 0.29) is 18.2 Å². The summed E-state index contributed by atoms with van der Waals surface area (Å²) < 4.78 is 5.76. The van der Waals surface area contributed by atoms with Crippen molar-refractivity contribution >= 4 is 46.4 Å². The van der Waals surface area contributed by atoms with Crippen molar-refractivity contribution in [3.05, 3.63) is 88.4 Å². The number of amides is 2. The van der Waals surface area contributed by atoms with Gasteiger partial charge in [0.15, 0.2) is 0 Å². The van der Waals surface area contributed by atoms with Crippen molar-refractivity contribution in [3.8, 4) is 5.75 Å². The van der Waals surface area contributed by atoms with Gasteiger partial charge in [0.1, 0.15) is 12.4 Å². The molecule has 1 atom stereocenters. The third-order valence-electron chi connectivity index (χ3n) is 5.07. The maximum atomic E-state index is 12.7. The van der Waals surface area contributed by atoms with Crippen LogP contribution in [0.15, 0.2) is 72.8 Å². The van der Waals surface area contributed by atoms with Crippen molar-refractivity contribution < 1.29 is 14.3 Å². The van der Waals surface area contributed by atoms with Crippen molar-refractivity contribution in [1.82, 2.24) is 0 Å². The van der Waals surface area contributed by atoms with E-state index in [2.05, 4.69) is 5.32 Å². The minimum absolute atomic E-state index is 0.0755. The second kappa shape index (κ2) is 9.41. The van der Waals surface area contributed by atoms with Crippen LogP contribution in [0, 0.1) is 5.92 Å². The Morgan fingerprint density at radius 3 is 2.19 bits per heavy atom. The first kappa shape index (κ1) is 21.2. The van der Waals surface area contributed by atoms with Crippen LogP contribution in [-0.2, 0) is 16.2 Å². The molecule has 1 fully saturated rings. The fourth-order valence-electron chi connectivity index (χ4n) is 3.38. The number of nitrogens with one attached hydrogen (secondary N) is 1. The Hall–Kier alpha value is -3.02. The summed E-state index contributed by atoms with van der Waals surface area (Å²) in [6.07, 6.45) is 0.177. The zero-order valence-corrected chi connectivity index (χ0v) is 18.1. The number of hydrogen-bond donors (Lipinski definition) is 1. The summed E-state index contributed by atoms with van der Waals surface area (Å²) in [7, 11) is 0. The van der Waals surface area contributed by atoms with E-state index in [9.17, 15) is 9.59 Å². The monoisotopic (exact) mass is 454 g/mol. The molecule has 0 bridgehead atoms. The Labute approximate surface area is 190 Å². The van der Waals surface area contributed by atoms with Gasteiger partial charge in [-0.3, -0.25) is 9.59 Å². The quantitative estimate of drug-likeness (QED) is 0.529. The molecular weight excluding hydrogens is 435 g/mol. The summed E-state index contributed by atoms with van der Waals surface area (Å²) in [5.41, 5.74) is 2.41. The van der Waals surface area contributed by atoms with Crippen LogP contribution >= 0.6 is 23.2 Å². The zero-order chi connectivity index (χ0) is 21.8. The average Bonchev–Trinajstić information content (AvgIpc) is 3.17. The summed E-state index contributed by atoms with van der Waals surface area (Å²) in [6, 6.07) is 21.6. The maximum absolute atomic E-state index is 12.7. The van der Waals surface area contributed by atoms with E-state index in [0.29, 0.717) is 34.6 Å². The maximum Gasteiger partial charge on any atom is 0.229 e. The van der Waals surface area contributed by atoms with Crippen LogP contribution < -0.4 is 15.0 Å². The fourth-order valence-corrected chi connectivity index (χ4v) is 3.63. The fraction of sp³-hybridized carbons (Fsp3) is 0.167. The van der Waals surface area contributed by atoms with Crippen molar-refractivity contribution in [2.45, 2.75) is 13.0 Å². The van der Waals surface area contributed by atoms with Gasteiger partial charge < -0.3 is 15.0 Å². The highest BCUT2D eigenvalue weighted by Crippen LogP contribution is 2.27. The van der Waals surface area contributed by atoms with Gasteiger partial charge in [-0.25, -0.2) is 0 Å². The number of halogens is 2. The van der Waals surface area contributed by atoms with E-state index >= 15 is 0 Å². The number of carbonyl (C=O) groups excluding carboxylic acids is 2. The summed E-state index contributed by atoms with van der Waals surface area (Å²) in [5.74, 6) is 0.0231. The lowest BCUT2D eigenvalue weighted by Crippen LogP contribution is -2.28. The number of ether oxygens (including phenoxy) is 1. The Morgan fingerprint density at radius 1 is 0.935 bits per heavy atom. The van der Waals surface area contributed by atoms with E-state index in [0.717, 1.165) is 11.3 Å². The van der Waals surface area contributed by atoms with Gasteiger partial charge in [-0.05, 0) is 66.2 Å². The van der Waals surface area contributed by atoms with E-state index in [1.807, 2.05) is 24.3 Å². The molecule has 0 saturated carbocycles. The normalized spacial score (nSPS) is 15.7. The van der Waals surface area contributed by atoms with Crippen molar-refractivity contribution in [2.75, 3.05) is 16.8 Å². The molecule has 3 aromatic rings. The van der Waals surface area contributed by atoms with Crippen LogP contribution in [0.5, 0.6) is 5.75 Å². The molecular formula is C24H20Cl2N2O3. The van der Waals surface area contributed by atoms with E-state index < -0.39 is 5.92 Å². The molecule has 2 amide bonds. The van der Waals surface area contributed by atoms with Crippen LogP contribution in [0.4, 0.5) is 11.4 Å². The molecule has 0 spiro atoms. The molecule has 1 unspecified atom stereocenters. The van der Waals surface area contributed by atoms with E-state index in [1.54, 1.807) is 53.4 Å². The molecule has 3 aromatic carbocycles. The SMILES string of the molecule is O=C(Nc1ccc(OCc2ccc(Cl)cc2)cc1)C1CC(=O)N(c2ccc(Cl)cc2)C1. The molecule has 0 aliphatic carbocycles. The molecule has 158 valence electrons. The summed E-state index contributed by atoms with van der Waals surface area (Å²) >= 11 is 11.8. The van der Waals surface area contributed by atoms with Crippen molar-refractivity contribution in [1.29, 1.82) is 0 Å². The Morgan fingerprint density at radius 2 is 1.55 bits per heavy atom. The largest absolute Gasteiger partial charge is 0.489 e. The number of rotatable bonds is 6. The number of nitrogens with zero attached hydrogens (tertiary/aromatic N) is 1. The molecule has 1 N–H and O–H groups in total. The molecule has 0 radical (unpaired) electrons. The van der Waals surface area contributed by atoms with Crippen LogP contribution in [0.1, 0.15) is 12.0 Å². The summed E-state index contributed by atoms with van der Waals surface area (Å²) in [6.45, 7) is 0.766. The Balaban J connectivity index is 1.31. The molecule has 1 aliphatic rings. The third-order valence-corrected chi connectivity index (χ3v) is 5.58. The Bertz CT molecular complexity index is 1070. The van der Waals surface area contributed by atoms with Gasteiger partial charge in [-0.2, -0.15) is 0 Å². The smallest absolute Gasteiger partial charge is 0.229 e. The molecule has 7 heteroatoms. The number of benzene rings is 3. The third kappa shape index (κ3) is 5.37. The lowest BCUT2D eigenvalue weighted by atomic mass is 10.1. The van der Waals surface area contributed by atoms with Crippen LogP contribution in [-0.4, -0.2) is 18.4 Å². The second-order valence-corrected chi connectivity index (χ2v) is 8.18. The molecule has 1 saturated heterocycles. The van der Waals surface area contributed by atoms with Crippen LogP contribution in [0.2, 0.25) is 10.0 Å². The highest BCUT2D eigenvalue weighted by Gasteiger charge is 2.35. The molecule has 31 heavy (non-hydrogen) atoms. The predicted octanol–water partition coefficient (Wildman–Crippen LogP) is 5.56. The van der Waals surface area contributed by atoms with Gasteiger partial charge in [-0.15, -0.1) is 0 Å². The van der Waals surface area contributed by atoms with Gasteiger partial charge in [0.25, 0.3) is 0 Å². The zero-order valence-electron chi connectivity index (χ0n) is 16.6. The molecule has 5 nitrogen and oxygen atoms in total. The molecule has 1 aliphatic heterocycles. The lowest BCUT2D eigenvalue weighted by molar-refractivity contribution is -0.122. The predicted molar refractivity (Wildman–Crippen MR) is 123 cm³/mol. The number of carbonyl (C=O) groups is 2. The van der Waals surface area contributed by atoms with E-state index in [1.165, 1.54) is 0 Å². The minimum atomic E-state index is -0.413. The summed E-state index contributed by atoms with van der Waals surface area (Å²) in [5, 5.41) is 4.17. The van der Waals surface area contributed by atoms with Gasteiger partial charge in [-0.1, -0.05) is 35.3 Å². The average molecular weight is 455 g/mol. The minimum Gasteiger partial charge on any atom is -0.489 e. The number of hydrogen-bond acceptors (Lipinski definition) is 3. The van der Waals surface area contributed by atoms with Crippen molar-refractivity contribution in [2.24, 2.45) is 5.92 Å². The van der Waals surface area contributed by atoms with Gasteiger partial charge in [0, 0.05) is 34.4 Å². The standard InChI is InChI=1S/C24H20Cl2N2O3/c25-18-3-1-16(2-4-18)15-31-22-11-7-20(8-12-22)27-24(30)17-13-23(29)28(14-17)21-9-5-19(26)6-10-21/h1-12,17H,13-15H2,(H,27,30). The first-order valence-electron chi connectivity index (χ1n) is 9.82. The van der Waals surface area contributed by atoms with Crippen LogP contribution in [0.3, 0.4) is 0 Å². The van der Waals surface area contributed by atoms with Gasteiger partial charge in [0.2, 0.25) is 11.8 Å². The van der Waals surface area contributed by atoms with Crippen molar-refractivity contribution in [3.63, 3.8) is 0 Å². The first-order chi connectivity index (χ1) is 15.0. The van der Waals surface area contributed by atoms with E-state index in [4.69, 9.17) is 27.9 Å². The summed E-state index contributed by atoms with van der Waals surface area (Å²) in [4.78, 5) is 26.6. The first-order valence-corrected chi connectivity index (χ1v) is 10.6. The van der Waals surface area contributed by atoms with Crippen LogP contribution in [0.25, 0.3) is 0 Å². The molecule has 1 heterocycles. The highest BCUT2D eigenvalue weighted by molar-refractivity contribution is 6.30. The topological polar surface area (TPSA) is 58.6 Å².